The van der Waals surface area contributed by atoms with Gasteiger partial charge in [0.1, 0.15) is 0 Å². The Kier molecular flexibility index (Phi) is 1.77. The Hall–Kier alpha value is -0.860. The predicted octanol–water partition coefficient (Wildman–Crippen LogP) is 2.01. The van der Waals surface area contributed by atoms with Crippen LogP contribution >= 0.6 is 0 Å². The average molecular weight is 203 g/mol. The molecule has 2 heteroatoms. The van der Waals surface area contributed by atoms with Crippen molar-refractivity contribution in [3.05, 3.63) is 35.4 Å². The Balaban J connectivity index is 1.87. The van der Waals surface area contributed by atoms with Gasteiger partial charge in [0.05, 0.1) is 5.60 Å². The Bertz CT molecular complexity index is 374. The van der Waals surface area contributed by atoms with Crippen LogP contribution in [-0.4, -0.2) is 5.11 Å². The van der Waals surface area contributed by atoms with E-state index >= 15 is 0 Å². The zero-order chi connectivity index (χ0) is 10.5. The van der Waals surface area contributed by atoms with E-state index < -0.39 is 5.60 Å². The molecule has 0 aromatic heterocycles. The number of rotatable bonds is 2. The molecule has 0 heterocycles. The average Bonchev–Trinajstić information content (AvgIpc) is 2.95. The van der Waals surface area contributed by atoms with Gasteiger partial charge in [0.15, 0.2) is 0 Å². The van der Waals surface area contributed by atoms with Crippen molar-refractivity contribution < 1.29 is 5.11 Å². The van der Waals surface area contributed by atoms with E-state index in [1.165, 1.54) is 12.0 Å². The smallest absolute Gasteiger partial charge is 0.0899 e. The summed E-state index contributed by atoms with van der Waals surface area (Å²) in [5, 5.41) is 9.93. The lowest BCUT2D eigenvalue weighted by molar-refractivity contribution is 0.151. The fourth-order valence-electron chi connectivity index (χ4n) is 2.37. The maximum Gasteiger partial charge on any atom is 0.0899 e. The maximum atomic E-state index is 9.93. The lowest BCUT2D eigenvalue weighted by atomic mass is 9.72. The molecule has 0 radical (unpaired) electrons. The maximum absolute atomic E-state index is 9.93. The van der Waals surface area contributed by atoms with Crippen molar-refractivity contribution >= 4 is 0 Å². The van der Waals surface area contributed by atoms with Crippen LogP contribution in [0.5, 0.6) is 0 Å². The summed E-state index contributed by atoms with van der Waals surface area (Å²) in [5.74, 6) is 0. The molecular weight excluding hydrogens is 186 g/mol. The van der Waals surface area contributed by atoms with E-state index in [2.05, 4.69) is 12.1 Å². The molecule has 2 aliphatic carbocycles. The minimum Gasteiger partial charge on any atom is -0.385 e. The third-order valence-electron chi connectivity index (χ3n) is 3.97. The van der Waals surface area contributed by atoms with Crippen LogP contribution in [0.1, 0.15) is 43.2 Å². The van der Waals surface area contributed by atoms with Crippen LogP contribution in [0, 0.1) is 0 Å². The second-order valence-corrected chi connectivity index (χ2v) is 5.12. The highest BCUT2D eigenvalue weighted by Crippen LogP contribution is 2.46. The molecule has 2 saturated carbocycles. The van der Waals surface area contributed by atoms with Crippen molar-refractivity contribution in [3.63, 3.8) is 0 Å². The van der Waals surface area contributed by atoms with Gasteiger partial charge in [-0.15, -0.1) is 0 Å². The summed E-state index contributed by atoms with van der Waals surface area (Å²) in [4.78, 5) is 0. The second kappa shape index (κ2) is 2.83. The third kappa shape index (κ3) is 1.40. The molecule has 3 N–H and O–H groups in total. The molecular formula is C13H17NO. The Morgan fingerprint density at radius 1 is 0.933 bits per heavy atom. The van der Waals surface area contributed by atoms with Crippen LogP contribution in [0.2, 0.25) is 0 Å². The summed E-state index contributed by atoms with van der Waals surface area (Å²) in [5.41, 5.74) is 7.92. The molecule has 0 bridgehead atoms. The van der Waals surface area contributed by atoms with Gasteiger partial charge in [-0.25, -0.2) is 0 Å². The highest BCUT2D eigenvalue weighted by molar-refractivity contribution is 5.34. The largest absolute Gasteiger partial charge is 0.385 e. The van der Waals surface area contributed by atoms with Crippen molar-refractivity contribution in [3.8, 4) is 0 Å². The van der Waals surface area contributed by atoms with Gasteiger partial charge in [-0.1, -0.05) is 24.3 Å². The van der Waals surface area contributed by atoms with E-state index in [4.69, 9.17) is 5.73 Å². The van der Waals surface area contributed by atoms with Gasteiger partial charge in [0.25, 0.3) is 0 Å². The van der Waals surface area contributed by atoms with Crippen LogP contribution < -0.4 is 5.73 Å². The highest BCUT2D eigenvalue weighted by atomic mass is 16.3. The summed E-state index contributed by atoms with van der Waals surface area (Å²) >= 11 is 0. The first kappa shape index (κ1) is 9.37. The fraction of sp³-hybridized carbons (Fsp3) is 0.538. The standard InChI is InChI=1S/C13H17NO/c14-12(6-1-7-12)10-2-4-11(5-3-10)13(15)8-9-13/h2-5,15H,1,6-9,14H2. The van der Waals surface area contributed by atoms with Gasteiger partial charge in [0, 0.05) is 5.54 Å². The van der Waals surface area contributed by atoms with E-state index in [0.717, 1.165) is 31.2 Å². The molecule has 0 saturated heterocycles. The minimum absolute atomic E-state index is 0.0787. The van der Waals surface area contributed by atoms with Crippen molar-refractivity contribution in [2.45, 2.75) is 43.2 Å². The van der Waals surface area contributed by atoms with Crippen molar-refractivity contribution in [2.24, 2.45) is 5.73 Å². The van der Waals surface area contributed by atoms with Crippen LogP contribution in [0.4, 0.5) is 0 Å². The minimum atomic E-state index is -0.514. The van der Waals surface area contributed by atoms with Gasteiger partial charge >= 0.3 is 0 Å². The summed E-state index contributed by atoms with van der Waals surface area (Å²) in [6, 6.07) is 8.25. The van der Waals surface area contributed by atoms with Crippen LogP contribution in [0.3, 0.4) is 0 Å². The van der Waals surface area contributed by atoms with Crippen molar-refractivity contribution in [1.82, 2.24) is 0 Å². The van der Waals surface area contributed by atoms with Crippen LogP contribution in [0.25, 0.3) is 0 Å². The third-order valence-corrected chi connectivity index (χ3v) is 3.97. The number of aliphatic hydroxyl groups is 1. The van der Waals surface area contributed by atoms with Gasteiger partial charge in [-0.2, -0.15) is 0 Å². The van der Waals surface area contributed by atoms with Gasteiger partial charge in [-0.3, -0.25) is 0 Å². The molecule has 2 nitrogen and oxygen atoms in total. The monoisotopic (exact) mass is 203 g/mol. The normalized spacial score (nSPS) is 25.7. The molecule has 0 unspecified atom stereocenters. The SMILES string of the molecule is NC1(c2ccc(C3(O)CC3)cc2)CCC1. The van der Waals surface area contributed by atoms with Gasteiger partial charge in [-0.05, 0) is 43.2 Å². The molecule has 0 amide bonds. The summed E-state index contributed by atoms with van der Waals surface area (Å²) in [6.07, 6.45) is 5.23. The summed E-state index contributed by atoms with van der Waals surface area (Å²) < 4.78 is 0. The Morgan fingerprint density at radius 2 is 1.47 bits per heavy atom. The highest BCUT2D eigenvalue weighted by Gasteiger charge is 2.42. The fourth-order valence-corrected chi connectivity index (χ4v) is 2.37. The first-order chi connectivity index (χ1) is 7.12. The van der Waals surface area contributed by atoms with E-state index in [0.29, 0.717) is 0 Å². The molecule has 80 valence electrons. The first-order valence-electron chi connectivity index (χ1n) is 5.75. The van der Waals surface area contributed by atoms with Crippen LogP contribution in [0.15, 0.2) is 24.3 Å². The van der Waals surface area contributed by atoms with Gasteiger partial charge in [0.2, 0.25) is 0 Å². The lowest BCUT2D eigenvalue weighted by Gasteiger charge is -2.38. The first-order valence-corrected chi connectivity index (χ1v) is 5.75. The molecule has 3 rings (SSSR count). The zero-order valence-corrected chi connectivity index (χ0v) is 8.87. The quantitative estimate of drug-likeness (QED) is 0.772. The molecule has 0 aliphatic heterocycles. The van der Waals surface area contributed by atoms with Gasteiger partial charge < -0.3 is 10.8 Å². The summed E-state index contributed by atoms with van der Waals surface area (Å²) in [7, 11) is 0. The molecule has 0 spiro atoms. The second-order valence-electron chi connectivity index (χ2n) is 5.12. The molecule has 15 heavy (non-hydrogen) atoms. The molecule has 0 atom stereocenters. The van der Waals surface area contributed by atoms with E-state index in [1.54, 1.807) is 0 Å². The number of nitrogens with two attached hydrogens (primary N) is 1. The topological polar surface area (TPSA) is 46.2 Å². The van der Waals surface area contributed by atoms with E-state index in [-0.39, 0.29) is 5.54 Å². The summed E-state index contributed by atoms with van der Waals surface area (Å²) in [6.45, 7) is 0. The van der Waals surface area contributed by atoms with E-state index in [9.17, 15) is 5.11 Å². The molecule has 1 aromatic rings. The number of hydrogen-bond donors (Lipinski definition) is 2. The Morgan fingerprint density at radius 3 is 1.87 bits per heavy atom. The Labute approximate surface area is 90.1 Å². The van der Waals surface area contributed by atoms with Crippen molar-refractivity contribution in [1.29, 1.82) is 0 Å². The molecule has 2 aliphatic rings. The number of benzene rings is 1. The zero-order valence-electron chi connectivity index (χ0n) is 8.87. The predicted molar refractivity (Wildman–Crippen MR) is 59.3 cm³/mol. The molecule has 2 fully saturated rings. The van der Waals surface area contributed by atoms with E-state index in [1.807, 2.05) is 12.1 Å². The lowest BCUT2D eigenvalue weighted by Crippen LogP contribution is -2.43. The van der Waals surface area contributed by atoms with Crippen molar-refractivity contribution in [2.75, 3.05) is 0 Å². The van der Waals surface area contributed by atoms with Crippen LogP contribution in [-0.2, 0) is 11.1 Å². The number of hydrogen-bond acceptors (Lipinski definition) is 2. The molecule has 1 aromatic carbocycles.